The molecule has 13 heavy (non-hydrogen) atoms. The zero-order valence-electron chi connectivity index (χ0n) is 7.61. The Balaban J connectivity index is 2.58. The normalized spacial score (nSPS) is 11.6. The molecule has 1 unspecified atom stereocenters. The lowest BCUT2D eigenvalue weighted by molar-refractivity contribution is 0.674. The Morgan fingerprint density at radius 2 is 2.08 bits per heavy atom. The highest BCUT2D eigenvalue weighted by Gasteiger charge is 2.05. The molecule has 0 spiro atoms. The summed E-state index contributed by atoms with van der Waals surface area (Å²) < 4.78 is 0. The van der Waals surface area contributed by atoms with Gasteiger partial charge in [0.2, 0.25) is 0 Å². The number of nitrogens with zero attached hydrogens (tertiary/aromatic N) is 1. The molecular formula is C12H13N. The molecule has 0 fully saturated rings. The maximum absolute atomic E-state index is 8.82. The fourth-order valence-corrected chi connectivity index (χ4v) is 1.28. The maximum Gasteiger partial charge on any atom is 0.0662 e. The summed E-state index contributed by atoms with van der Waals surface area (Å²) in [4.78, 5) is 0. The summed E-state index contributed by atoms with van der Waals surface area (Å²) in [6.07, 6.45) is 3.39. The highest BCUT2D eigenvalue weighted by atomic mass is 14.3. The number of rotatable bonds is 4. The van der Waals surface area contributed by atoms with Gasteiger partial charge in [0.1, 0.15) is 0 Å². The van der Waals surface area contributed by atoms with Crippen molar-refractivity contribution in [3.05, 3.63) is 48.6 Å². The lowest BCUT2D eigenvalue weighted by Gasteiger charge is -2.05. The molecule has 0 bridgehead atoms. The van der Waals surface area contributed by atoms with Gasteiger partial charge >= 0.3 is 0 Å². The molecule has 0 N–H and O–H groups in total. The molecule has 0 aliphatic rings. The minimum absolute atomic E-state index is 0.0694. The van der Waals surface area contributed by atoms with Crippen LogP contribution in [0.5, 0.6) is 0 Å². The van der Waals surface area contributed by atoms with Crippen molar-refractivity contribution in [1.29, 1.82) is 5.26 Å². The average molecular weight is 171 g/mol. The quantitative estimate of drug-likeness (QED) is 0.639. The van der Waals surface area contributed by atoms with E-state index in [0.717, 1.165) is 12.8 Å². The van der Waals surface area contributed by atoms with Gasteiger partial charge in [0.25, 0.3) is 0 Å². The van der Waals surface area contributed by atoms with Gasteiger partial charge in [-0.1, -0.05) is 36.4 Å². The predicted octanol–water partition coefficient (Wildman–Crippen LogP) is 2.94. The van der Waals surface area contributed by atoms with E-state index in [4.69, 9.17) is 5.26 Å². The van der Waals surface area contributed by atoms with E-state index >= 15 is 0 Å². The fraction of sp³-hybridized carbons (Fsp3) is 0.250. The van der Waals surface area contributed by atoms with Gasteiger partial charge in [-0.05, 0) is 18.4 Å². The molecule has 0 aliphatic carbocycles. The third-order valence-electron chi connectivity index (χ3n) is 1.96. The topological polar surface area (TPSA) is 23.8 Å². The van der Waals surface area contributed by atoms with Gasteiger partial charge in [0.15, 0.2) is 0 Å². The van der Waals surface area contributed by atoms with Crippen LogP contribution < -0.4 is 0 Å². The van der Waals surface area contributed by atoms with Crippen molar-refractivity contribution in [2.24, 2.45) is 5.92 Å². The largest absolute Gasteiger partial charge is 0.198 e. The summed E-state index contributed by atoms with van der Waals surface area (Å²) in [5.74, 6) is 0.0694. The van der Waals surface area contributed by atoms with Gasteiger partial charge in [0.05, 0.1) is 12.0 Å². The zero-order chi connectivity index (χ0) is 9.52. The SMILES string of the molecule is C=CCC(C#N)Cc1ccccc1. The van der Waals surface area contributed by atoms with Crippen molar-refractivity contribution < 1.29 is 0 Å². The standard InChI is InChI=1S/C12H13N/c1-2-6-12(10-13)9-11-7-4-3-5-8-11/h2-5,7-8,12H,1,6,9H2. The van der Waals surface area contributed by atoms with E-state index in [1.54, 1.807) is 6.08 Å². The molecule has 1 atom stereocenters. The van der Waals surface area contributed by atoms with Crippen LogP contribution >= 0.6 is 0 Å². The van der Waals surface area contributed by atoms with Crippen molar-refractivity contribution in [2.75, 3.05) is 0 Å². The van der Waals surface area contributed by atoms with E-state index in [1.807, 2.05) is 30.3 Å². The van der Waals surface area contributed by atoms with Crippen LogP contribution in [0, 0.1) is 17.2 Å². The van der Waals surface area contributed by atoms with Crippen LogP contribution in [0.2, 0.25) is 0 Å². The summed E-state index contributed by atoms with van der Waals surface area (Å²) in [6, 6.07) is 12.4. The van der Waals surface area contributed by atoms with E-state index in [0.29, 0.717) is 0 Å². The summed E-state index contributed by atoms with van der Waals surface area (Å²) in [5.41, 5.74) is 1.22. The highest BCUT2D eigenvalue weighted by Crippen LogP contribution is 2.11. The van der Waals surface area contributed by atoms with E-state index < -0.39 is 0 Å². The van der Waals surface area contributed by atoms with Gasteiger partial charge in [-0.25, -0.2) is 0 Å². The second kappa shape index (κ2) is 5.16. The molecule has 1 aromatic rings. The van der Waals surface area contributed by atoms with E-state index in [2.05, 4.69) is 12.6 Å². The van der Waals surface area contributed by atoms with Gasteiger partial charge in [-0.3, -0.25) is 0 Å². The van der Waals surface area contributed by atoms with Crippen molar-refractivity contribution in [3.63, 3.8) is 0 Å². The molecule has 0 amide bonds. The number of allylic oxidation sites excluding steroid dienone is 1. The van der Waals surface area contributed by atoms with E-state index in [9.17, 15) is 0 Å². The predicted molar refractivity (Wildman–Crippen MR) is 54.1 cm³/mol. The molecule has 0 aliphatic heterocycles. The molecule has 0 radical (unpaired) electrons. The molecule has 1 nitrogen and oxygen atoms in total. The number of benzene rings is 1. The summed E-state index contributed by atoms with van der Waals surface area (Å²) in [7, 11) is 0. The van der Waals surface area contributed by atoms with Crippen LogP contribution in [-0.2, 0) is 6.42 Å². The van der Waals surface area contributed by atoms with Crippen LogP contribution in [0.25, 0.3) is 0 Å². The Kier molecular flexibility index (Phi) is 3.78. The Morgan fingerprint density at radius 3 is 2.62 bits per heavy atom. The first kappa shape index (κ1) is 9.54. The molecule has 0 saturated carbocycles. The van der Waals surface area contributed by atoms with Crippen molar-refractivity contribution in [2.45, 2.75) is 12.8 Å². The van der Waals surface area contributed by atoms with Gasteiger partial charge in [0, 0.05) is 0 Å². The molecule has 0 saturated heterocycles. The summed E-state index contributed by atoms with van der Waals surface area (Å²) >= 11 is 0. The molecule has 0 heterocycles. The number of hydrogen-bond acceptors (Lipinski definition) is 1. The smallest absolute Gasteiger partial charge is 0.0662 e. The molecule has 0 aromatic heterocycles. The minimum atomic E-state index is 0.0694. The van der Waals surface area contributed by atoms with Gasteiger partial charge in [-0.15, -0.1) is 6.58 Å². The van der Waals surface area contributed by atoms with Crippen molar-refractivity contribution >= 4 is 0 Å². The molecule has 1 aromatic carbocycles. The minimum Gasteiger partial charge on any atom is -0.198 e. The third kappa shape index (κ3) is 3.13. The molecular weight excluding hydrogens is 158 g/mol. The van der Waals surface area contributed by atoms with Crippen LogP contribution in [0.1, 0.15) is 12.0 Å². The summed E-state index contributed by atoms with van der Waals surface area (Å²) in [5, 5.41) is 8.82. The first-order chi connectivity index (χ1) is 6.36. The maximum atomic E-state index is 8.82. The first-order valence-corrected chi connectivity index (χ1v) is 4.41. The van der Waals surface area contributed by atoms with Crippen LogP contribution in [0.3, 0.4) is 0 Å². The molecule has 1 heteroatoms. The Hall–Kier alpha value is -1.55. The second-order valence-corrected chi connectivity index (χ2v) is 3.04. The Labute approximate surface area is 79.3 Å². The lowest BCUT2D eigenvalue weighted by Crippen LogP contribution is -1.99. The lowest BCUT2D eigenvalue weighted by atomic mass is 9.98. The summed E-state index contributed by atoms with van der Waals surface area (Å²) in [6.45, 7) is 3.64. The number of nitriles is 1. The zero-order valence-corrected chi connectivity index (χ0v) is 7.61. The molecule has 66 valence electrons. The van der Waals surface area contributed by atoms with Gasteiger partial charge in [-0.2, -0.15) is 5.26 Å². The van der Waals surface area contributed by atoms with Crippen molar-refractivity contribution in [1.82, 2.24) is 0 Å². The third-order valence-corrected chi connectivity index (χ3v) is 1.96. The number of hydrogen-bond donors (Lipinski definition) is 0. The van der Waals surface area contributed by atoms with Gasteiger partial charge < -0.3 is 0 Å². The Bertz CT molecular complexity index is 295. The van der Waals surface area contributed by atoms with Crippen LogP contribution in [-0.4, -0.2) is 0 Å². The Morgan fingerprint density at radius 1 is 1.38 bits per heavy atom. The average Bonchev–Trinajstić information content (AvgIpc) is 2.19. The van der Waals surface area contributed by atoms with E-state index in [-0.39, 0.29) is 5.92 Å². The molecule has 1 rings (SSSR count). The highest BCUT2D eigenvalue weighted by molar-refractivity contribution is 5.16. The first-order valence-electron chi connectivity index (χ1n) is 4.41. The van der Waals surface area contributed by atoms with Crippen molar-refractivity contribution in [3.8, 4) is 6.07 Å². The monoisotopic (exact) mass is 171 g/mol. The van der Waals surface area contributed by atoms with Crippen LogP contribution in [0.4, 0.5) is 0 Å². The fourth-order valence-electron chi connectivity index (χ4n) is 1.28. The second-order valence-electron chi connectivity index (χ2n) is 3.04. The van der Waals surface area contributed by atoms with E-state index in [1.165, 1.54) is 5.56 Å². The van der Waals surface area contributed by atoms with Crippen LogP contribution in [0.15, 0.2) is 43.0 Å².